The third-order valence-electron chi connectivity index (χ3n) is 1.58. The van der Waals surface area contributed by atoms with E-state index in [0.717, 1.165) is 16.5 Å². The van der Waals surface area contributed by atoms with Gasteiger partial charge in [0.25, 0.3) is 0 Å². The smallest absolute Gasteiger partial charge is 0.242 e. The topological polar surface area (TPSA) is 35.2 Å². The SMILES string of the molecule is N[SiH](Cc1ccccc1)O[SiH3]. The Morgan fingerprint density at radius 2 is 2.00 bits per heavy atom. The Labute approximate surface area is 71.7 Å². The second kappa shape index (κ2) is 4.45. The van der Waals surface area contributed by atoms with Gasteiger partial charge >= 0.3 is 0 Å². The molecule has 60 valence electrons. The molecule has 11 heavy (non-hydrogen) atoms. The monoisotopic (exact) mass is 183 g/mol. The summed E-state index contributed by atoms with van der Waals surface area (Å²) in [6, 6.07) is 11.2. The lowest BCUT2D eigenvalue weighted by molar-refractivity contribution is 0.628. The first kappa shape index (κ1) is 8.67. The fraction of sp³-hybridized carbons (Fsp3) is 0.143. The highest BCUT2D eigenvalue weighted by atomic mass is 28.3. The Morgan fingerprint density at radius 3 is 2.55 bits per heavy atom. The van der Waals surface area contributed by atoms with Gasteiger partial charge < -0.3 is 9.51 Å². The summed E-state index contributed by atoms with van der Waals surface area (Å²) in [5, 5.41) is 5.76. The molecule has 0 saturated carbocycles. The average Bonchev–Trinajstić information content (AvgIpc) is 2.06. The van der Waals surface area contributed by atoms with Gasteiger partial charge in [0, 0.05) is 6.04 Å². The Balaban J connectivity index is 2.51. The molecule has 4 heteroatoms. The number of rotatable bonds is 3. The maximum atomic E-state index is 5.76. The van der Waals surface area contributed by atoms with Crippen molar-refractivity contribution >= 4 is 19.7 Å². The van der Waals surface area contributed by atoms with Crippen LogP contribution in [-0.4, -0.2) is 19.7 Å². The van der Waals surface area contributed by atoms with Gasteiger partial charge in [-0.3, -0.25) is 0 Å². The number of hydrogen-bond donors (Lipinski definition) is 1. The lowest BCUT2D eigenvalue weighted by Crippen LogP contribution is -2.31. The van der Waals surface area contributed by atoms with Crippen LogP contribution < -0.4 is 5.40 Å². The Hall–Kier alpha value is -0.426. The van der Waals surface area contributed by atoms with Crippen molar-refractivity contribution in [3.8, 4) is 0 Å². The van der Waals surface area contributed by atoms with Gasteiger partial charge in [-0.05, 0) is 5.56 Å². The minimum absolute atomic E-state index is 0.770. The van der Waals surface area contributed by atoms with E-state index in [1.165, 1.54) is 5.56 Å². The number of nitrogens with two attached hydrogens (primary N) is 1. The number of benzene rings is 1. The summed E-state index contributed by atoms with van der Waals surface area (Å²) in [4.78, 5) is 0. The molecule has 0 bridgehead atoms. The van der Waals surface area contributed by atoms with Crippen molar-refractivity contribution in [2.75, 3.05) is 0 Å². The zero-order chi connectivity index (χ0) is 8.10. The summed E-state index contributed by atoms with van der Waals surface area (Å²) in [5.41, 5.74) is 1.29. The first-order valence-electron chi connectivity index (χ1n) is 3.65. The van der Waals surface area contributed by atoms with Gasteiger partial charge in [0.1, 0.15) is 10.5 Å². The molecule has 0 aliphatic rings. The maximum absolute atomic E-state index is 5.76. The molecule has 0 aliphatic heterocycles. The van der Waals surface area contributed by atoms with Crippen molar-refractivity contribution in [1.82, 2.24) is 0 Å². The molecule has 1 rings (SSSR count). The van der Waals surface area contributed by atoms with Gasteiger partial charge in [-0.25, -0.2) is 0 Å². The first-order chi connectivity index (χ1) is 5.33. The van der Waals surface area contributed by atoms with E-state index in [1.807, 2.05) is 18.2 Å². The van der Waals surface area contributed by atoms with Crippen molar-refractivity contribution in [2.24, 2.45) is 5.40 Å². The zero-order valence-corrected chi connectivity index (χ0v) is 9.81. The molecule has 1 unspecified atom stereocenters. The van der Waals surface area contributed by atoms with Crippen LogP contribution in [0.4, 0.5) is 0 Å². The number of hydrogen-bond acceptors (Lipinski definition) is 2. The second-order valence-electron chi connectivity index (χ2n) is 2.46. The first-order valence-corrected chi connectivity index (χ1v) is 6.42. The van der Waals surface area contributed by atoms with Crippen LogP contribution in [-0.2, 0) is 10.2 Å². The summed E-state index contributed by atoms with van der Waals surface area (Å²) in [6.45, 7) is 0. The summed E-state index contributed by atoms with van der Waals surface area (Å²) >= 11 is 0. The molecule has 1 atom stereocenters. The lowest BCUT2D eigenvalue weighted by atomic mass is 10.2. The molecule has 1 aromatic rings. The molecule has 0 spiro atoms. The Bertz CT molecular complexity index is 205. The summed E-state index contributed by atoms with van der Waals surface area (Å²) < 4.78 is 5.21. The predicted molar refractivity (Wildman–Crippen MR) is 52.5 cm³/mol. The van der Waals surface area contributed by atoms with Crippen molar-refractivity contribution < 1.29 is 4.12 Å². The highest BCUT2D eigenvalue weighted by molar-refractivity contribution is 6.51. The van der Waals surface area contributed by atoms with Gasteiger partial charge in [0.15, 0.2) is 0 Å². The minimum Gasteiger partial charge on any atom is -0.455 e. The van der Waals surface area contributed by atoms with E-state index < -0.39 is 9.20 Å². The molecule has 0 amide bonds. The van der Waals surface area contributed by atoms with Crippen molar-refractivity contribution in [3.63, 3.8) is 0 Å². The predicted octanol–water partition coefficient (Wildman–Crippen LogP) is -0.756. The fourth-order valence-electron chi connectivity index (χ4n) is 0.930. The summed E-state index contributed by atoms with van der Waals surface area (Å²) in [5.74, 6) is 0. The molecule has 0 fully saturated rings. The minimum atomic E-state index is -1.35. The lowest BCUT2D eigenvalue weighted by Gasteiger charge is -2.06. The summed E-state index contributed by atoms with van der Waals surface area (Å²) in [7, 11) is -0.576. The van der Waals surface area contributed by atoms with Gasteiger partial charge in [-0.2, -0.15) is 0 Å². The standard InChI is InChI=1S/C7H13NOSi2/c8-11(9-10)6-7-4-2-1-3-5-7/h1-5,11H,6,8H2,10H3. The quantitative estimate of drug-likeness (QED) is 0.626. The van der Waals surface area contributed by atoms with Gasteiger partial charge in [-0.15, -0.1) is 0 Å². The van der Waals surface area contributed by atoms with Crippen LogP contribution in [0.15, 0.2) is 30.3 Å². The Morgan fingerprint density at radius 1 is 1.36 bits per heavy atom. The van der Waals surface area contributed by atoms with Gasteiger partial charge in [-0.1, -0.05) is 30.3 Å². The molecule has 0 radical (unpaired) electrons. The van der Waals surface area contributed by atoms with Crippen LogP contribution in [0.2, 0.25) is 0 Å². The third-order valence-corrected chi connectivity index (χ3v) is 4.88. The second-order valence-corrected chi connectivity index (χ2v) is 5.83. The highest BCUT2D eigenvalue weighted by Crippen LogP contribution is 1.99. The molecule has 2 nitrogen and oxygen atoms in total. The van der Waals surface area contributed by atoms with E-state index >= 15 is 0 Å². The van der Waals surface area contributed by atoms with E-state index in [4.69, 9.17) is 9.51 Å². The maximum Gasteiger partial charge on any atom is 0.242 e. The van der Waals surface area contributed by atoms with Crippen molar-refractivity contribution in [1.29, 1.82) is 0 Å². The molecule has 0 saturated heterocycles. The van der Waals surface area contributed by atoms with E-state index in [0.29, 0.717) is 0 Å². The molecule has 0 aliphatic carbocycles. The molecule has 0 heterocycles. The molecular weight excluding hydrogens is 170 g/mol. The van der Waals surface area contributed by atoms with E-state index in [1.54, 1.807) is 0 Å². The van der Waals surface area contributed by atoms with Crippen molar-refractivity contribution in [2.45, 2.75) is 6.04 Å². The third kappa shape index (κ3) is 2.98. The van der Waals surface area contributed by atoms with E-state index in [2.05, 4.69) is 12.1 Å². The van der Waals surface area contributed by atoms with Crippen LogP contribution in [0.1, 0.15) is 5.56 Å². The van der Waals surface area contributed by atoms with Crippen LogP contribution in [0.3, 0.4) is 0 Å². The molecular formula is C7H13NOSi2. The highest BCUT2D eigenvalue weighted by Gasteiger charge is 2.02. The molecule has 0 aromatic heterocycles. The molecule has 1 aromatic carbocycles. The van der Waals surface area contributed by atoms with E-state index in [-0.39, 0.29) is 0 Å². The van der Waals surface area contributed by atoms with Gasteiger partial charge in [0.05, 0.1) is 0 Å². The van der Waals surface area contributed by atoms with Crippen molar-refractivity contribution in [3.05, 3.63) is 35.9 Å². The average molecular weight is 183 g/mol. The van der Waals surface area contributed by atoms with E-state index in [9.17, 15) is 0 Å². The Kier molecular flexibility index (Phi) is 3.51. The van der Waals surface area contributed by atoms with Crippen LogP contribution in [0.25, 0.3) is 0 Å². The summed E-state index contributed by atoms with van der Waals surface area (Å²) in [6.07, 6.45) is 0. The zero-order valence-electron chi connectivity index (χ0n) is 6.66. The van der Waals surface area contributed by atoms with Gasteiger partial charge in [0.2, 0.25) is 9.20 Å². The van der Waals surface area contributed by atoms with Crippen LogP contribution >= 0.6 is 0 Å². The van der Waals surface area contributed by atoms with Crippen LogP contribution in [0, 0.1) is 0 Å². The molecule has 2 N–H and O–H groups in total. The fourth-order valence-corrected chi connectivity index (χ4v) is 2.33. The largest absolute Gasteiger partial charge is 0.455 e. The normalized spacial score (nSPS) is 13.2. The van der Waals surface area contributed by atoms with Crippen LogP contribution in [0.5, 0.6) is 0 Å².